The fraction of sp³-hybridized carbons (Fsp3) is 0.214. The van der Waals surface area contributed by atoms with Crippen LogP contribution in [-0.2, 0) is 4.79 Å². The molecule has 1 saturated heterocycles. The summed E-state index contributed by atoms with van der Waals surface area (Å²) < 4.78 is 5.73. The van der Waals surface area contributed by atoms with Gasteiger partial charge in [-0.25, -0.2) is 9.97 Å². The fourth-order valence-corrected chi connectivity index (χ4v) is 4.71. The van der Waals surface area contributed by atoms with Crippen LogP contribution in [0, 0.1) is 0 Å². The van der Waals surface area contributed by atoms with E-state index in [9.17, 15) is 4.79 Å². The number of hydrogen-bond acceptors (Lipinski definition) is 8. The fourth-order valence-electron chi connectivity index (χ4n) is 4.52. The third-order valence-corrected chi connectivity index (χ3v) is 6.84. The van der Waals surface area contributed by atoms with E-state index in [1.807, 2.05) is 43.4 Å². The molecule has 9 nitrogen and oxygen atoms in total. The number of rotatable bonds is 8. The highest BCUT2D eigenvalue weighted by atomic mass is 35.5. The lowest BCUT2D eigenvalue weighted by Gasteiger charge is -2.43. The van der Waals surface area contributed by atoms with Crippen molar-refractivity contribution in [3.05, 3.63) is 72.7 Å². The Hall–Kier alpha value is -4.21. The number of likely N-dealkylation sites (N-methyl/N-ethyl adjacent to an activating group) is 2. The standard InChI is InChI=1S/C28H28ClN7O2/c1-5-26(37)32-22-10-23(25(38-4)11-24(22)36(3)20-15-35(2)16-20)33-28-31-13-18-12-30-14-21(27(18)34-28)17-7-6-8-19(29)9-17/h5-14,20H,1,15-16H2,2-4H3,(H,32,37)(H,31,33,34). The van der Waals surface area contributed by atoms with Crippen molar-refractivity contribution in [1.29, 1.82) is 0 Å². The van der Waals surface area contributed by atoms with Gasteiger partial charge in [0.15, 0.2) is 0 Å². The number of nitrogens with one attached hydrogen (secondary N) is 2. The Balaban J connectivity index is 1.54. The number of amides is 1. The molecule has 194 valence electrons. The minimum absolute atomic E-state index is 0.304. The summed E-state index contributed by atoms with van der Waals surface area (Å²) in [7, 11) is 5.70. The van der Waals surface area contributed by atoms with Gasteiger partial charge in [0.25, 0.3) is 0 Å². The second kappa shape index (κ2) is 10.6. The van der Waals surface area contributed by atoms with Gasteiger partial charge in [-0.3, -0.25) is 9.78 Å². The number of methoxy groups -OCH3 is 1. The summed E-state index contributed by atoms with van der Waals surface area (Å²) in [4.78, 5) is 30.3. The van der Waals surface area contributed by atoms with Crippen molar-refractivity contribution in [3.63, 3.8) is 0 Å². The zero-order chi connectivity index (χ0) is 26.8. The van der Waals surface area contributed by atoms with Crippen LogP contribution in [0.1, 0.15) is 0 Å². The summed E-state index contributed by atoms with van der Waals surface area (Å²) in [6.45, 7) is 5.46. The summed E-state index contributed by atoms with van der Waals surface area (Å²) in [5, 5.41) is 7.62. The van der Waals surface area contributed by atoms with Gasteiger partial charge in [0.2, 0.25) is 11.9 Å². The van der Waals surface area contributed by atoms with E-state index in [-0.39, 0.29) is 5.91 Å². The van der Waals surface area contributed by atoms with Crippen LogP contribution in [0.3, 0.4) is 0 Å². The van der Waals surface area contributed by atoms with Crippen LogP contribution in [0.25, 0.3) is 22.0 Å². The third-order valence-electron chi connectivity index (χ3n) is 6.61. The number of likely N-dealkylation sites (tertiary alicyclic amines) is 1. The van der Waals surface area contributed by atoms with E-state index in [0.29, 0.717) is 34.1 Å². The quantitative estimate of drug-likeness (QED) is 0.309. The second-order valence-electron chi connectivity index (χ2n) is 9.20. The summed E-state index contributed by atoms with van der Waals surface area (Å²) >= 11 is 6.23. The van der Waals surface area contributed by atoms with Crippen LogP contribution in [-0.4, -0.2) is 66.1 Å². The number of benzene rings is 2. The van der Waals surface area contributed by atoms with E-state index < -0.39 is 0 Å². The number of anilines is 4. The van der Waals surface area contributed by atoms with Crippen LogP contribution in [0.5, 0.6) is 5.75 Å². The van der Waals surface area contributed by atoms with Gasteiger partial charge in [-0.05, 0) is 36.9 Å². The molecule has 0 spiro atoms. The van der Waals surface area contributed by atoms with Gasteiger partial charge in [-0.2, -0.15) is 0 Å². The smallest absolute Gasteiger partial charge is 0.247 e. The van der Waals surface area contributed by atoms with E-state index in [0.717, 1.165) is 40.8 Å². The van der Waals surface area contributed by atoms with Gasteiger partial charge in [-0.1, -0.05) is 30.3 Å². The van der Waals surface area contributed by atoms with E-state index in [1.165, 1.54) is 6.08 Å². The van der Waals surface area contributed by atoms with Crippen LogP contribution < -0.4 is 20.3 Å². The number of fused-ring (bicyclic) bond motifs is 1. The van der Waals surface area contributed by atoms with Crippen molar-refractivity contribution in [3.8, 4) is 16.9 Å². The molecule has 2 aromatic heterocycles. The van der Waals surface area contributed by atoms with E-state index in [4.69, 9.17) is 21.3 Å². The number of aromatic nitrogens is 3. The molecule has 0 atom stereocenters. The van der Waals surface area contributed by atoms with Crippen molar-refractivity contribution in [2.75, 3.05) is 49.8 Å². The largest absolute Gasteiger partial charge is 0.494 e. The first-order chi connectivity index (χ1) is 18.4. The molecule has 0 bridgehead atoms. The van der Waals surface area contributed by atoms with Gasteiger partial charge >= 0.3 is 0 Å². The molecule has 0 saturated carbocycles. The van der Waals surface area contributed by atoms with E-state index >= 15 is 0 Å². The lowest BCUT2D eigenvalue weighted by Crippen LogP contribution is -2.56. The molecule has 1 aliphatic heterocycles. The molecule has 0 aliphatic carbocycles. The van der Waals surface area contributed by atoms with Crippen molar-refractivity contribution in [2.45, 2.75) is 6.04 Å². The van der Waals surface area contributed by atoms with Crippen molar-refractivity contribution < 1.29 is 9.53 Å². The molecule has 10 heteroatoms. The predicted molar refractivity (Wildman–Crippen MR) is 153 cm³/mol. The predicted octanol–water partition coefficient (Wildman–Crippen LogP) is 4.97. The van der Waals surface area contributed by atoms with Gasteiger partial charge in [0, 0.05) is 60.8 Å². The normalized spacial score (nSPS) is 13.6. The zero-order valence-electron chi connectivity index (χ0n) is 21.4. The second-order valence-corrected chi connectivity index (χ2v) is 9.64. The maximum atomic E-state index is 12.3. The van der Waals surface area contributed by atoms with E-state index in [2.05, 4.69) is 44.0 Å². The first-order valence-electron chi connectivity index (χ1n) is 12.1. The average molecular weight is 530 g/mol. The van der Waals surface area contributed by atoms with Gasteiger partial charge < -0.3 is 25.2 Å². The molecule has 5 rings (SSSR count). The molecule has 2 aromatic carbocycles. The Morgan fingerprint density at radius 1 is 1.21 bits per heavy atom. The number of pyridine rings is 1. The number of ether oxygens (including phenoxy) is 1. The molecule has 1 fully saturated rings. The van der Waals surface area contributed by atoms with Crippen LogP contribution in [0.15, 0.2) is 67.6 Å². The van der Waals surface area contributed by atoms with Crippen molar-refractivity contribution in [1.82, 2.24) is 19.9 Å². The molecule has 0 unspecified atom stereocenters. The lowest BCUT2D eigenvalue weighted by molar-refractivity contribution is -0.111. The van der Waals surface area contributed by atoms with Crippen LogP contribution >= 0.6 is 11.6 Å². The van der Waals surface area contributed by atoms with Crippen LogP contribution in [0.2, 0.25) is 5.02 Å². The summed E-state index contributed by atoms with van der Waals surface area (Å²) in [5.74, 6) is 0.653. The number of halogens is 1. The molecule has 3 heterocycles. The Kier molecular flexibility index (Phi) is 7.13. The summed E-state index contributed by atoms with van der Waals surface area (Å²) in [6.07, 6.45) is 6.44. The molecule has 38 heavy (non-hydrogen) atoms. The average Bonchev–Trinajstić information content (AvgIpc) is 2.90. The Labute approximate surface area is 226 Å². The highest BCUT2D eigenvalue weighted by Crippen LogP contribution is 2.39. The van der Waals surface area contributed by atoms with Gasteiger partial charge in [-0.15, -0.1) is 0 Å². The highest BCUT2D eigenvalue weighted by Gasteiger charge is 2.29. The third kappa shape index (κ3) is 5.11. The molecular weight excluding hydrogens is 502 g/mol. The summed E-state index contributed by atoms with van der Waals surface area (Å²) in [5.41, 5.74) is 4.54. The van der Waals surface area contributed by atoms with Gasteiger partial charge in [0.1, 0.15) is 5.75 Å². The summed E-state index contributed by atoms with van der Waals surface area (Å²) in [6, 6.07) is 11.6. The Morgan fingerprint density at radius 2 is 2.03 bits per heavy atom. The maximum absolute atomic E-state index is 12.3. The number of hydrogen-bond donors (Lipinski definition) is 2. The SMILES string of the molecule is C=CC(=O)Nc1cc(Nc2ncc3cncc(-c4cccc(Cl)c4)c3n2)c(OC)cc1N(C)C1CN(C)C1. The molecule has 4 aromatic rings. The molecular formula is C28H28ClN7O2. The van der Waals surface area contributed by atoms with Crippen molar-refractivity contribution >= 4 is 51.4 Å². The molecule has 1 amide bonds. The minimum atomic E-state index is -0.304. The number of nitrogens with zero attached hydrogens (tertiary/aromatic N) is 5. The molecule has 1 aliphatic rings. The van der Waals surface area contributed by atoms with E-state index in [1.54, 1.807) is 25.7 Å². The van der Waals surface area contributed by atoms with Crippen LogP contribution in [0.4, 0.5) is 23.0 Å². The zero-order valence-corrected chi connectivity index (χ0v) is 22.2. The highest BCUT2D eigenvalue weighted by molar-refractivity contribution is 6.30. The minimum Gasteiger partial charge on any atom is -0.494 e. The number of carbonyl (C=O) groups excluding carboxylic acids is 1. The number of carbonyl (C=O) groups is 1. The monoisotopic (exact) mass is 529 g/mol. The van der Waals surface area contributed by atoms with Gasteiger partial charge in [0.05, 0.1) is 35.7 Å². The Bertz CT molecular complexity index is 1520. The molecule has 2 N–H and O–H groups in total. The van der Waals surface area contributed by atoms with Crippen molar-refractivity contribution in [2.24, 2.45) is 0 Å². The molecule has 0 radical (unpaired) electrons. The Morgan fingerprint density at radius 3 is 2.74 bits per heavy atom. The topological polar surface area (TPSA) is 95.5 Å². The first-order valence-corrected chi connectivity index (χ1v) is 12.4. The maximum Gasteiger partial charge on any atom is 0.247 e. The lowest BCUT2D eigenvalue weighted by atomic mass is 10.1. The first kappa shape index (κ1) is 25.4.